The van der Waals surface area contributed by atoms with Gasteiger partial charge in [0.2, 0.25) is 0 Å². The van der Waals surface area contributed by atoms with Gasteiger partial charge in [0.25, 0.3) is 0 Å². The minimum atomic E-state index is 0.594. The molecule has 0 heterocycles. The highest BCUT2D eigenvalue weighted by molar-refractivity contribution is 14.1. The van der Waals surface area contributed by atoms with E-state index in [4.69, 9.17) is 0 Å². The third-order valence-electron chi connectivity index (χ3n) is 3.40. The average molecular weight is 308 g/mol. The van der Waals surface area contributed by atoms with Gasteiger partial charge in [0.15, 0.2) is 0 Å². The molecule has 1 saturated carbocycles. The average Bonchev–Trinajstić information content (AvgIpc) is 2.11. The fourth-order valence-corrected chi connectivity index (χ4v) is 3.11. The van der Waals surface area contributed by atoms with Crippen molar-refractivity contribution >= 4 is 22.6 Å². The third kappa shape index (κ3) is 6.26. The molecule has 0 atom stereocenters. The zero-order chi connectivity index (χ0) is 10.3. The van der Waals surface area contributed by atoms with Crippen molar-refractivity contribution in [2.75, 3.05) is 0 Å². The molecular formula is C13H25I. The van der Waals surface area contributed by atoms with Gasteiger partial charge in [-0.2, -0.15) is 0 Å². The van der Waals surface area contributed by atoms with E-state index in [1.807, 2.05) is 0 Å². The molecule has 1 heteroatoms. The zero-order valence-electron chi connectivity index (χ0n) is 9.66. The zero-order valence-corrected chi connectivity index (χ0v) is 11.8. The molecule has 1 rings (SSSR count). The molecule has 0 aliphatic heterocycles. The summed E-state index contributed by atoms with van der Waals surface area (Å²) in [6.45, 7) is 2.44. The summed E-state index contributed by atoms with van der Waals surface area (Å²) in [6, 6.07) is 0. The molecule has 0 bridgehead atoms. The first-order chi connectivity index (χ1) is 6.71. The maximum absolute atomic E-state index is 2.69. The lowest BCUT2D eigenvalue weighted by Gasteiger charge is -2.23. The van der Waals surface area contributed by atoms with Crippen molar-refractivity contribution in [2.45, 2.75) is 81.0 Å². The molecular weight excluding hydrogens is 283 g/mol. The van der Waals surface area contributed by atoms with Crippen LogP contribution in [0.4, 0.5) is 0 Å². The van der Waals surface area contributed by atoms with Crippen LogP contribution in [0.15, 0.2) is 0 Å². The van der Waals surface area contributed by atoms with Gasteiger partial charge in [-0.3, -0.25) is 0 Å². The van der Waals surface area contributed by atoms with Crippen molar-refractivity contribution < 1.29 is 0 Å². The minimum absolute atomic E-state index is 0.594. The minimum Gasteiger partial charge on any atom is -0.0792 e. The second kappa shape index (κ2) is 7.08. The van der Waals surface area contributed by atoms with Crippen LogP contribution in [-0.2, 0) is 0 Å². The third-order valence-corrected chi connectivity index (χ3v) is 4.47. The predicted molar refractivity (Wildman–Crippen MR) is 73.2 cm³/mol. The standard InChI is InChI=1S/C13H25I/c1-13(14)11-9-7-5-3-2-4-6-8-10-12-13/h2-12H2,1H3. The first-order valence-electron chi connectivity index (χ1n) is 6.40. The molecule has 0 unspecified atom stereocenters. The van der Waals surface area contributed by atoms with Crippen LogP contribution in [0.2, 0.25) is 0 Å². The molecule has 84 valence electrons. The van der Waals surface area contributed by atoms with E-state index in [9.17, 15) is 0 Å². The SMILES string of the molecule is CC1(I)CCCCCCCCCCC1. The van der Waals surface area contributed by atoms with Gasteiger partial charge in [-0.05, 0) is 12.8 Å². The van der Waals surface area contributed by atoms with Gasteiger partial charge < -0.3 is 0 Å². The van der Waals surface area contributed by atoms with Gasteiger partial charge in [0, 0.05) is 3.42 Å². The molecule has 0 N–H and O–H groups in total. The Labute approximate surface area is 103 Å². The second-order valence-electron chi connectivity index (χ2n) is 5.10. The van der Waals surface area contributed by atoms with Gasteiger partial charge in [0.1, 0.15) is 0 Å². The summed E-state index contributed by atoms with van der Waals surface area (Å²) in [4.78, 5) is 0. The topological polar surface area (TPSA) is 0 Å². The lowest BCUT2D eigenvalue weighted by Crippen LogP contribution is -2.15. The fraction of sp³-hybridized carbons (Fsp3) is 1.00. The molecule has 1 aliphatic rings. The highest BCUT2D eigenvalue weighted by Crippen LogP contribution is 2.32. The Bertz CT molecular complexity index is 126. The Morgan fingerprint density at radius 1 is 0.643 bits per heavy atom. The van der Waals surface area contributed by atoms with Crippen molar-refractivity contribution in [1.29, 1.82) is 0 Å². The number of halogens is 1. The maximum atomic E-state index is 2.69. The van der Waals surface area contributed by atoms with Gasteiger partial charge in [-0.25, -0.2) is 0 Å². The van der Waals surface area contributed by atoms with Gasteiger partial charge in [-0.15, -0.1) is 0 Å². The summed E-state index contributed by atoms with van der Waals surface area (Å²) >= 11 is 2.69. The Balaban J connectivity index is 2.24. The van der Waals surface area contributed by atoms with E-state index in [1.165, 1.54) is 70.6 Å². The normalized spacial score (nSPS) is 26.1. The lowest BCUT2D eigenvalue weighted by molar-refractivity contribution is 0.464. The van der Waals surface area contributed by atoms with E-state index >= 15 is 0 Å². The lowest BCUT2D eigenvalue weighted by atomic mass is 9.94. The smallest absolute Gasteiger partial charge is 0.0194 e. The number of alkyl halides is 1. The monoisotopic (exact) mass is 308 g/mol. The highest BCUT2D eigenvalue weighted by Gasteiger charge is 2.18. The summed E-state index contributed by atoms with van der Waals surface area (Å²) < 4.78 is 0.594. The molecule has 0 aromatic rings. The quantitative estimate of drug-likeness (QED) is 0.410. The van der Waals surface area contributed by atoms with Crippen LogP contribution >= 0.6 is 22.6 Å². The van der Waals surface area contributed by atoms with Crippen LogP contribution in [0.1, 0.15) is 77.6 Å². The molecule has 0 amide bonds. The van der Waals surface area contributed by atoms with Crippen LogP contribution in [0, 0.1) is 0 Å². The molecule has 1 fully saturated rings. The molecule has 0 nitrogen and oxygen atoms in total. The summed E-state index contributed by atoms with van der Waals surface area (Å²) in [5.41, 5.74) is 0. The van der Waals surface area contributed by atoms with Crippen molar-refractivity contribution in [3.63, 3.8) is 0 Å². The summed E-state index contributed by atoms with van der Waals surface area (Å²) in [6.07, 6.45) is 16.1. The van der Waals surface area contributed by atoms with Crippen molar-refractivity contribution in [3.05, 3.63) is 0 Å². The first kappa shape index (κ1) is 12.8. The van der Waals surface area contributed by atoms with E-state index in [1.54, 1.807) is 0 Å². The highest BCUT2D eigenvalue weighted by atomic mass is 127. The number of hydrogen-bond acceptors (Lipinski definition) is 0. The van der Waals surface area contributed by atoms with E-state index in [0.717, 1.165) is 0 Å². The molecule has 0 spiro atoms. The van der Waals surface area contributed by atoms with Crippen LogP contribution in [0.25, 0.3) is 0 Å². The molecule has 1 aliphatic carbocycles. The molecule has 0 radical (unpaired) electrons. The fourth-order valence-electron chi connectivity index (χ4n) is 2.35. The van der Waals surface area contributed by atoms with E-state index in [2.05, 4.69) is 29.5 Å². The van der Waals surface area contributed by atoms with Gasteiger partial charge in [-0.1, -0.05) is 87.3 Å². The van der Waals surface area contributed by atoms with Crippen molar-refractivity contribution in [1.82, 2.24) is 0 Å². The van der Waals surface area contributed by atoms with Crippen LogP contribution in [0.5, 0.6) is 0 Å². The summed E-state index contributed by atoms with van der Waals surface area (Å²) in [7, 11) is 0. The summed E-state index contributed by atoms with van der Waals surface area (Å²) in [5.74, 6) is 0. The number of hydrogen-bond donors (Lipinski definition) is 0. The number of rotatable bonds is 0. The van der Waals surface area contributed by atoms with Gasteiger partial charge in [0.05, 0.1) is 0 Å². The molecule has 0 aromatic heterocycles. The Morgan fingerprint density at radius 3 is 1.29 bits per heavy atom. The first-order valence-corrected chi connectivity index (χ1v) is 7.47. The van der Waals surface area contributed by atoms with Crippen LogP contribution in [0.3, 0.4) is 0 Å². The Morgan fingerprint density at radius 2 is 0.929 bits per heavy atom. The van der Waals surface area contributed by atoms with Crippen LogP contribution < -0.4 is 0 Å². The van der Waals surface area contributed by atoms with Gasteiger partial charge >= 0.3 is 0 Å². The molecule has 14 heavy (non-hydrogen) atoms. The molecule has 0 saturated heterocycles. The van der Waals surface area contributed by atoms with Crippen molar-refractivity contribution in [2.24, 2.45) is 0 Å². The molecule has 0 aromatic carbocycles. The summed E-state index contributed by atoms with van der Waals surface area (Å²) in [5, 5.41) is 0. The van der Waals surface area contributed by atoms with E-state index in [-0.39, 0.29) is 0 Å². The predicted octanol–water partition coefficient (Wildman–Crippen LogP) is 5.48. The van der Waals surface area contributed by atoms with Crippen molar-refractivity contribution in [3.8, 4) is 0 Å². The maximum Gasteiger partial charge on any atom is 0.0194 e. The Kier molecular flexibility index (Phi) is 6.47. The van der Waals surface area contributed by atoms with E-state index in [0.29, 0.717) is 3.42 Å². The van der Waals surface area contributed by atoms with E-state index < -0.39 is 0 Å². The second-order valence-corrected chi connectivity index (χ2v) is 7.70. The Hall–Kier alpha value is 0.730. The largest absolute Gasteiger partial charge is 0.0792 e. The van der Waals surface area contributed by atoms with Crippen LogP contribution in [-0.4, -0.2) is 3.42 Å².